The summed E-state index contributed by atoms with van der Waals surface area (Å²) in [4.78, 5) is 0. The Morgan fingerprint density at radius 1 is 1.23 bits per heavy atom. The molecule has 2 bridgehead atoms. The average Bonchev–Trinajstić information content (AvgIpc) is 2.97. The molecular weight excluding hydrogens is 276 g/mol. The average molecular weight is 308 g/mol. The van der Waals surface area contributed by atoms with Gasteiger partial charge < -0.3 is 16.0 Å². The molecule has 3 N–H and O–H groups in total. The van der Waals surface area contributed by atoms with E-state index < -0.39 is 0 Å². The molecule has 0 fully saturated rings. The van der Waals surface area contributed by atoms with Gasteiger partial charge in [-0.25, -0.2) is 0 Å². The Balaban J connectivity index is 2.13. The van der Waals surface area contributed by atoms with Crippen LogP contribution in [0, 0.1) is 0 Å². The van der Waals surface area contributed by atoms with Crippen molar-refractivity contribution >= 4 is 0 Å². The minimum atomic E-state index is 0.0793. The highest BCUT2D eigenvalue weighted by Gasteiger charge is 2.27. The maximum absolute atomic E-state index is 4.29. The Bertz CT molecular complexity index is 459. The summed E-state index contributed by atoms with van der Waals surface area (Å²) in [6.07, 6.45) is 5.32. The van der Waals surface area contributed by atoms with Crippen molar-refractivity contribution in [2.75, 3.05) is 19.6 Å². The molecule has 6 nitrogen and oxygen atoms in total. The fourth-order valence-corrected chi connectivity index (χ4v) is 2.86. The standard InChI is InChI=1S/C16H32N6/c1-5-15(3)7-9-18-16(4,13-17-6-2)8-10-22-12-14(11-19-15)20-21-22/h12,17-19H,5-11,13H2,1-4H3. The lowest BCUT2D eigenvalue weighted by Gasteiger charge is -2.35. The lowest BCUT2D eigenvalue weighted by molar-refractivity contribution is 0.258. The van der Waals surface area contributed by atoms with Gasteiger partial charge in [-0.2, -0.15) is 0 Å². The van der Waals surface area contributed by atoms with Crippen molar-refractivity contribution < 1.29 is 0 Å². The molecule has 1 aliphatic heterocycles. The lowest BCUT2D eigenvalue weighted by Crippen LogP contribution is -2.53. The van der Waals surface area contributed by atoms with Gasteiger partial charge in [0.2, 0.25) is 0 Å². The van der Waals surface area contributed by atoms with Crippen molar-refractivity contribution in [3.63, 3.8) is 0 Å². The Labute approximate surface area is 134 Å². The van der Waals surface area contributed by atoms with E-state index in [1.165, 1.54) is 0 Å². The molecule has 126 valence electrons. The first kappa shape index (κ1) is 17.4. The van der Waals surface area contributed by atoms with Gasteiger partial charge in [0, 0.05) is 36.9 Å². The number of nitrogens with zero attached hydrogens (tertiary/aromatic N) is 3. The third-order valence-electron chi connectivity index (χ3n) is 4.95. The van der Waals surface area contributed by atoms with E-state index >= 15 is 0 Å². The summed E-state index contributed by atoms with van der Waals surface area (Å²) in [5, 5.41) is 19.5. The zero-order chi connectivity index (χ0) is 16.1. The fourth-order valence-electron chi connectivity index (χ4n) is 2.86. The van der Waals surface area contributed by atoms with Crippen LogP contribution in [-0.4, -0.2) is 45.7 Å². The first-order valence-electron chi connectivity index (χ1n) is 8.58. The lowest BCUT2D eigenvalue weighted by atomic mass is 9.92. The SMILES string of the molecule is CCNCC1(C)CCn2cc(nn2)CNC(C)(CC)CCN1. The zero-order valence-corrected chi connectivity index (χ0v) is 14.6. The van der Waals surface area contributed by atoms with Crippen molar-refractivity contribution in [1.29, 1.82) is 0 Å². The molecule has 2 rings (SSSR count). The third-order valence-corrected chi connectivity index (χ3v) is 4.95. The van der Waals surface area contributed by atoms with Crippen LogP contribution < -0.4 is 16.0 Å². The second-order valence-corrected chi connectivity index (χ2v) is 7.01. The van der Waals surface area contributed by atoms with Crippen molar-refractivity contribution in [2.24, 2.45) is 0 Å². The molecule has 22 heavy (non-hydrogen) atoms. The van der Waals surface area contributed by atoms with E-state index in [2.05, 4.69) is 60.2 Å². The van der Waals surface area contributed by atoms with E-state index in [9.17, 15) is 0 Å². The van der Waals surface area contributed by atoms with E-state index in [0.29, 0.717) is 0 Å². The maximum atomic E-state index is 4.29. The van der Waals surface area contributed by atoms with E-state index in [-0.39, 0.29) is 11.1 Å². The molecule has 0 aromatic carbocycles. The largest absolute Gasteiger partial charge is 0.315 e. The second-order valence-electron chi connectivity index (χ2n) is 7.01. The predicted octanol–water partition coefficient (Wildman–Crippen LogP) is 1.29. The van der Waals surface area contributed by atoms with Crippen molar-refractivity contribution in [2.45, 2.75) is 71.1 Å². The normalized spacial score (nSPS) is 30.5. The van der Waals surface area contributed by atoms with Crippen molar-refractivity contribution in [1.82, 2.24) is 30.9 Å². The highest BCUT2D eigenvalue weighted by molar-refractivity contribution is 4.96. The molecule has 2 unspecified atom stereocenters. The Morgan fingerprint density at radius 3 is 2.77 bits per heavy atom. The van der Waals surface area contributed by atoms with Crippen molar-refractivity contribution in [3.05, 3.63) is 11.9 Å². The van der Waals surface area contributed by atoms with E-state index in [1.807, 2.05) is 4.68 Å². The molecule has 0 amide bonds. The topological polar surface area (TPSA) is 66.8 Å². The highest BCUT2D eigenvalue weighted by atomic mass is 15.4. The number of nitrogens with one attached hydrogen (secondary N) is 3. The molecule has 6 heteroatoms. The first-order valence-corrected chi connectivity index (χ1v) is 8.58. The zero-order valence-electron chi connectivity index (χ0n) is 14.6. The Morgan fingerprint density at radius 2 is 2.05 bits per heavy atom. The predicted molar refractivity (Wildman–Crippen MR) is 89.7 cm³/mol. The number of hydrogen-bond donors (Lipinski definition) is 3. The molecule has 1 aliphatic rings. The van der Waals surface area contributed by atoms with Crippen LogP contribution in [0.5, 0.6) is 0 Å². The highest BCUT2D eigenvalue weighted by Crippen LogP contribution is 2.17. The number of likely N-dealkylation sites (N-methyl/N-ethyl adjacent to an activating group) is 1. The fraction of sp³-hybridized carbons (Fsp3) is 0.875. The molecule has 1 aromatic heterocycles. The minimum Gasteiger partial charge on any atom is -0.315 e. The van der Waals surface area contributed by atoms with Gasteiger partial charge in [-0.1, -0.05) is 19.1 Å². The summed E-state index contributed by atoms with van der Waals surface area (Å²) < 4.78 is 1.97. The van der Waals surface area contributed by atoms with E-state index in [0.717, 1.165) is 57.7 Å². The maximum Gasteiger partial charge on any atom is 0.0965 e. The number of hydrogen-bond acceptors (Lipinski definition) is 5. The van der Waals surface area contributed by atoms with Gasteiger partial charge in [-0.3, -0.25) is 4.68 Å². The molecule has 1 aromatic rings. The summed E-state index contributed by atoms with van der Waals surface area (Å²) in [5.74, 6) is 0. The van der Waals surface area contributed by atoms with Gasteiger partial charge in [0.1, 0.15) is 0 Å². The van der Waals surface area contributed by atoms with Gasteiger partial charge in [0.25, 0.3) is 0 Å². The molecule has 0 saturated heterocycles. The van der Waals surface area contributed by atoms with Crippen LogP contribution >= 0.6 is 0 Å². The Kier molecular flexibility index (Phi) is 5.94. The third kappa shape index (κ3) is 4.76. The summed E-state index contributed by atoms with van der Waals surface area (Å²) in [6, 6.07) is 0. The van der Waals surface area contributed by atoms with Crippen LogP contribution in [-0.2, 0) is 13.1 Å². The van der Waals surface area contributed by atoms with Gasteiger partial charge in [-0.15, -0.1) is 5.10 Å². The van der Waals surface area contributed by atoms with Crippen LogP contribution in [0.15, 0.2) is 6.20 Å². The van der Waals surface area contributed by atoms with Crippen LogP contribution in [0.2, 0.25) is 0 Å². The Hall–Kier alpha value is -0.980. The van der Waals surface area contributed by atoms with Crippen LogP contribution in [0.1, 0.15) is 52.7 Å². The minimum absolute atomic E-state index is 0.0793. The molecule has 0 spiro atoms. The molecular formula is C16H32N6. The van der Waals surface area contributed by atoms with Crippen LogP contribution in [0.25, 0.3) is 0 Å². The number of rotatable bonds is 4. The van der Waals surface area contributed by atoms with E-state index in [1.54, 1.807) is 0 Å². The summed E-state index contributed by atoms with van der Waals surface area (Å²) in [5.41, 5.74) is 1.24. The summed E-state index contributed by atoms with van der Waals surface area (Å²) >= 11 is 0. The van der Waals surface area contributed by atoms with Gasteiger partial charge in [-0.05, 0) is 46.2 Å². The summed E-state index contributed by atoms with van der Waals surface area (Å²) in [7, 11) is 0. The molecule has 2 heterocycles. The van der Waals surface area contributed by atoms with Crippen molar-refractivity contribution in [3.8, 4) is 0 Å². The van der Waals surface area contributed by atoms with Crippen LogP contribution in [0.3, 0.4) is 0 Å². The van der Waals surface area contributed by atoms with Gasteiger partial charge in [0.05, 0.1) is 5.69 Å². The molecule has 2 atom stereocenters. The van der Waals surface area contributed by atoms with E-state index in [4.69, 9.17) is 0 Å². The number of aromatic nitrogens is 3. The van der Waals surface area contributed by atoms with Gasteiger partial charge in [0.15, 0.2) is 0 Å². The second kappa shape index (κ2) is 7.53. The quantitative estimate of drug-likeness (QED) is 0.782. The molecule has 0 radical (unpaired) electrons. The monoisotopic (exact) mass is 308 g/mol. The first-order chi connectivity index (χ1) is 10.5. The number of fused-ring (bicyclic) bond motifs is 2. The summed E-state index contributed by atoms with van der Waals surface area (Å²) in [6.45, 7) is 13.7. The molecule has 0 saturated carbocycles. The number of aryl methyl sites for hydroxylation is 1. The molecule has 0 aliphatic carbocycles. The van der Waals surface area contributed by atoms with Gasteiger partial charge >= 0.3 is 0 Å². The van der Waals surface area contributed by atoms with Crippen LogP contribution in [0.4, 0.5) is 0 Å². The smallest absolute Gasteiger partial charge is 0.0965 e.